The maximum absolute atomic E-state index is 10.7. The molecule has 1 rings (SSSR count). The van der Waals surface area contributed by atoms with Gasteiger partial charge in [-0.1, -0.05) is 19.1 Å². The second-order valence-electron chi connectivity index (χ2n) is 3.40. The maximum atomic E-state index is 10.7. The average molecular weight is 207 g/mol. The Bertz CT molecular complexity index is 306. The molecule has 0 aliphatic heterocycles. The Morgan fingerprint density at radius 3 is 2.53 bits per heavy atom. The molecule has 1 amide bonds. The molecule has 0 aliphatic rings. The summed E-state index contributed by atoms with van der Waals surface area (Å²) in [5.41, 5.74) is 1.08. The molecule has 82 valence electrons. The topological polar surface area (TPSA) is 38.3 Å². The van der Waals surface area contributed by atoms with E-state index in [1.54, 1.807) is 0 Å². The quantitative estimate of drug-likeness (QED) is 0.803. The van der Waals surface area contributed by atoms with E-state index in [4.69, 9.17) is 4.74 Å². The first-order chi connectivity index (χ1) is 7.22. The van der Waals surface area contributed by atoms with Crippen molar-refractivity contribution in [1.82, 2.24) is 5.32 Å². The third kappa shape index (κ3) is 4.49. The Hall–Kier alpha value is -1.51. The highest BCUT2D eigenvalue weighted by molar-refractivity contribution is 5.72. The van der Waals surface area contributed by atoms with Crippen LogP contribution >= 0.6 is 0 Å². The van der Waals surface area contributed by atoms with Gasteiger partial charge in [0, 0.05) is 13.5 Å². The van der Waals surface area contributed by atoms with E-state index in [0.717, 1.165) is 24.3 Å². The van der Waals surface area contributed by atoms with Crippen LogP contribution in [0.15, 0.2) is 24.3 Å². The number of carbonyl (C=O) groups is 1. The van der Waals surface area contributed by atoms with Gasteiger partial charge in [0.2, 0.25) is 5.91 Å². The first-order valence-corrected chi connectivity index (χ1v) is 5.18. The zero-order chi connectivity index (χ0) is 11.1. The van der Waals surface area contributed by atoms with Crippen molar-refractivity contribution in [1.29, 1.82) is 0 Å². The number of hydrogen-bond donors (Lipinski definition) is 1. The van der Waals surface area contributed by atoms with Crippen molar-refractivity contribution in [3.05, 3.63) is 29.8 Å². The molecule has 1 N–H and O–H groups in total. The molecule has 15 heavy (non-hydrogen) atoms. The van der Waals surface area contributed by atoms with E-state index < -0.39 is 0 Å². The number of nitrogens with one attached hydrogen (secondary N) is 1. The van der Waals surface area contributed by atoms with Gasteiger partial charge in [0.25, 0.3) is 0 Å². The molecule has 0 radical (unpaired) electrons. The van der Waals surface area contributed by atoms with Crippen LogP contribution in [0, 0.1) is 0 Å². The summed E-state index contributed by atoms with van der Waals surface area (Å²) in [6.45, 7) is 4.90. The van der Waals surface area contributed by atoms with Crippen LogP contribution in [-0.2, 0) is 11.3 Å². The van der Waals surface area contributed by atoms with Gasteiger partial charge in [-0.15, -0.1) is 0 Å². The van der Waals surface area contributed by atoms with Crippen molar-refractivity contribution in [3.63, 3.8) is 0 Å². The summed E-state index contributed by atoms with van der Waals surface area (Å²) in [6, 6.07) is 7.77. The van der Waals surface area contributed by atoms with E-state index in [-0.39, 0.29) is 5.91 Å². The van der Waals surface area contributed by atoms with Crippen LogP contribution < -0.4 is 10.1 Å². The molecule has 1 aromatic rings. The van der Waals surface area contributed by atoms with E-state index in [1.165, 1.54) is 6.92 Å². The first-order valence-electron chi connectivity index (χ1n) is 5.18. The number of amides is 1. The van der Waals surface area contributed by atoms with Gasteiger partial charge in [0.15, 0.2) is 0 Å². The van der Waals surface area contributed by atoms with Gasteiger partial charge in [0.1, 0.15) is 5.75 Å². The monoisotopic (exact) mass is 207 g/mol. The third-order valence-corrected chi connectivity index (χ3v) is 1.94. The Balaban J connectivity index is 2.45. The maximum Gasteiger partial charge on any atom is 0.217 e. The van der Waals surface area contributed by atoms with Crippen LogP contribution in [0.4, 0.5) is 0 Å². The van der Waals surface area contributed by atoms with Gasteiger partial charge >= 0.3 is 0 Å². The lowest BCUT2D eigenvalue weighted by Crippen LogP contribution is -2.18. The van der Waals surface area contributed by atoms with Crippen molar-refractivity contribution in [2.75, 3.05) is 6.61 Å². The van der Waals surface area contributed by atoms with E-state index in [9.17, 15) is 4.79 Å². The standard InChI is InChI=1S/C12H17NO2/c1-3-8-15-12-6-4-11(5-7-12)9-13-10(2)14/h4-7H,3,8-9H2,1-2H3,(H,13,14). The highest BCUT2D eigenvalue weighted by Gasteiger charge is 1.96. The van der Waals surface area contributed by atoms with Gasteiger partial charge in [0.05, 0.1) is 6.61 Å². The highest BCUT2D eigenvalue weighted by Crippen LogP contribution is 2.12. The summed E-state index contributed by atoms with van der Waals surface area (Å²) in [4.78, 5) is 10.7. The van der Waals surface area contributed by atoms with Gasteiger partial charge < -0.3 is 10.1 Å². The number of carbonyl (C=O) groups excluding carboxylic acids is 1. The van der Waals surface area contributed by atoms with Crippen LogP contribution in [0.25, 0.3) is 0 Å². The van der Waals surface area contributed by atoms with E-state index in [1.807, 2.05) is 24.3 Å². The van der Waals surface area contributed by atoms with E-state index in [2.05, 4.69) is 12.2 Å². The van der Waals surface area contributed by atoms with Crippen LogP contribution in [0.2, 0.25) is 0 Å². The molecule has 3 nitrogen and oxygen atoms in total. The molecular formula is C12H17NO2. The molecule has 0 atom stereocenters. The van der Waals surface area contributed by atoms with Crippen LogP contribution in [-0.4, -0.2) is 12.5 Å². The van der Waals surface area contributed by atoms with Crippen LogP contribution in [0.3, 0.4) is 0 Å². The predicted molar refractivity (Wildman–Crippen MR) is 59.7 cm³/mol. The van der Waals surface area contributed by atoms with Gasteiger partial charge in [-0.2, -0.15) is 0 Å². The molecule has 0 bridgehead atoms. The third-order valence-electron chi connectivity index (χ3n) is 1.94. The molecule has 3 heteroatoms. The fourth-order valence-electron chi connectivity index (χ4n) is 1.15. The fourth-order valence-corrected chi connectivity index (χ4v) is 1.15. The Morgan fingerprint density at radius 1 is 1.33 bits per heavy atom. The smallest absolute Gasteiger partial charge is 0.217 e. The van der Waals surface area contributed by atoms with Crippen molar-refractivity contribution < 1.29 is 9.53 Å². The number of benzene rings is 1. The summed E-state index contributed by atoms with van der Waals surface area (Å²) >= 11 is 0. The Labute approximate surface area is 90.4 Å². The fraction of sp³-hybridized carbons (Fsp3) is 0.417. The lowest BCUT2D eigenvalue weighted by Gasteiger charge is -2.06. The summed E-state index contributed by atoms with van der Waals surface area (Å²) < 4.78 is 5.45. The van der Waals surface area contributed by atoms with Gasteiger partial charge in [-0.25, -0.2) is 0 Å². The molecule has 0 spiro atoms. The second-order valence-corrected chi connectivity index (χ2v) is 3.40. The zero-order valence-corrected chi connectivity index (χ0v) is 9.25. The number of rotatable bonds is 5. The summed E-state index contributed by atoms with van der Waals surface area (Å²) in [5, 5.41) is 2.74. The van der Waals surface area contributed by atoms with Gasteiger partial charge in [-0.3, -0.25) is 4.79 Å². The minimum atomic E-state index is -0.0127. The summed E-state index contributed by atoms with van der Waals surface area (Å²) in [5.74, 6) is 0.865. The first kappa shape index (κ1) is 11.6. The van der Waals surface area contributed by atoms with Crippen LogP contribution in [0.1, 0.15) is 25.8 Å². The second kappa shape index (κ2) is 6.06. The Kier molecular flexibility index (Phi) is 4.68. The summed E-state index contributed by atoms with van der Waals surface area (Å²) in [6.07, 6.45) is 1.01. The van der Waals surface area contributed by atoms with Gasteiger partial charge in [-0.05, 0) is 24.1 Å². The number of hydrogen-bond acceptors (Lipinski definition) is 2. The van der Waals surface area contributed by atoms with Crippen LogP contribution in [0.5, 0.6) is 5.75 Å². The van der Waals surface area contributed by atoms with Crippen molar-refractivity contribution in [2.45, 2.75) is 26.8 Å². The van der Waals surface area contributed by atoms with Crippen molar-refractivity contribution in [2.24, 2.45) is 0 Å². The van der Waals surface area contributed by atoms with Crippen molar-refractivity contribution in [3.8, 4) is 5.75 Å². The highest BCUT2D eigenvalue weighted by atomic mass is 16.5. The minimum absolute atomic E-state index is 0.0127. The minimum Gasteiger partial charge on any atom is -0.494 e. The number of ether oxygens (including phenoxy) is 1. The lowest BCUT2D eigenvalue weighted by molar-refractivity contribution is -0.119. The Morgan fingerprint density at radius 2 is 2.00 bits per heavy atom. The molecule has 0 fully saturated rings. The zero-order valence-electron chi connectivity index (χ0n) is 9.25. The molecule has 0 aromatic heterocycles. The summed E-state index contributed by atoms with van der Waals surface area (Å²) in [7, 11) is 0. The van der Waals surface area contributed by atoms with Crippen molar-refractivity contribution >= 4 is 5.91 Å². The lowest BCUT2D eigenvalue weighted by atomic mass is 10.2. The van der Waals surface area contributed by atoms with E-state index in [0.29, 0.717) is 6.54 Å². The molecule has 0 aliphatic carbocycles. The molecular weight excluding hydrogens is 190 g/mol. The molecule has 0 heterocycles. The molecule has 0 unspecified atom stereocenters. The normalized spacial score (nSPS) is 9.73. The largest absolute Gasteiger partial charge is 0.494 e. The predicted octanol–water partition coefficient (Wildman–Crippen LogP) is 2.11. The molecule has 1 aromatic carbocycles. The molecule has 0 saturated heterocycles. The average Bonchev–Trinajstić information content (AvgIpc) is 2.25. The SMILES string of the molecule is CCCOc1ccc(CNC(C)=O)cc1. The molecule has 0 saturated carbocycles. The van der Waals surface area contributed by atoms with E-state index >= 15 is 0 Å².